The Bertz CT molecular complexity index is 338. The van der Waals surface area contributed by atoms with Crippen LogP contribution in [0, 0.1) is 5.92 Å². The Morgan fingerprint density at radius 1 is 1.33 bits per heavy atom. The van der Waals surface area contributed by atoms with Gasteiger partial charge in [0.15, 0.2) is 0 Å². The van der Waals surface area contributed by atoms with E-state index in [-0.39, 0.29) is 0 Å². The van der Waals surface area contributed by atoms with Crippen LogP contribution < -0.4 is 5.32 Å². The van der Waals surface area contributed by atoms with Gasteiger partial charge in [0.05, 0.1) is 0 Å². The summed E-state index contributed by atoms with van der Waals surface area (Å²) in [7, 11) is 1.77. The van der Waals surface area contributed by atoms with E-state index >= 15 is 0 Å². The first kappa shape index (κ1) is 16.7. The summed E-state index contributed by atoms with van der Waals surface area (Å²) in [5.41, 5.74) is -0.754. The molecule has 1 aliphatic heterocycles. The van der Waals surface area contributed by atoms with E-state index in [9.17, 15) is 9.90 Å². The Morgan fingerprint density at radius 3 is 2.52 bits per heavy atom. The fourth-order valence-electron chi connectivity index (χ4n) is 3.19. The summed E-state index contributed by atoms with van der Waals surface area (Å²) in [6.07, 6.45) is 6.29. The fraction of sp³-hybridized carbons (Fsp3) is 0.938. The Kier molecular flexibility index (Phi) is 6.02. The average Bonchev–Trinajstić information content (AvgIpc) is 3.25. The summed E-state index contributed by atoms with van der Waals surface area (Å²) in [5, 5.41) is 12.7. The highest BCUT2D eigenvalue weighted by Gasteiger charge is 2.38. The highest BCUT2D eigenvalue weighted by atomic mass is 16.5. The predicted octanol–water partition coefficient (Wildman–Crippen LogP) is 1.72. The van der Waals surface area contributed by atoms with Crippen molar-refractivity contribution in [3.8, 4) is 0 Å². The molecule has 0 radical (unpaired) electrons. The van der Waals surface area contributed by atoms with Crippen molar-refractivity contribution in [1.29, 1.82) is 0 Å². The van der Waals surface area contributed by atoms with Crippen LogP contribution in [0.2, 0.25) is 0 Å². The summed E-state index contributed by atoms with van der Waals surface area (Å²) in [4.78, 5) is 14.0. The molecule has 1 heterocycles. The molecule has 122 valence electrons. The standard InChI is InChI=1S/C16H30N2O3/c1-16(15(19)20,17-14-4-5-14)8-3-9-18-10-6-13(7-11-18)12-21-2/h13-14,17H,3-12H2,1-2H3,(H,19,20). The summed E-state index contributed by atoms with van der Waals surface area (Å²) in [6.45, 7) is 5.95. The number of carbonyl (C=O) groups is 1. The summed E-state index contributed by atoms with van der Waals surface area (Å²) in [6, 6.07) is 0.427. The van der Waals surface area contributed by atoms with E-state index in [1.165, 1.54) is 12.8 Å². The minimum Gasteiger partial charge on any atom is -0.480 e. The molecule has 1 aliphatic carbocycles. The van der Waals surface area contributed by atoms with Crippen molar-refractivity contribution in [2.24, 2.45) is 5.92 Å². The molecule has 1 unspecified atom stereocenters. The van der Waals surface area contributed by atoms with Gasteiger partial charge in [-0.15, -0.1) is 0 Å². The van der Waals surface area contributed by atoms with Crippen LogP contribution >= 0.6 is 0 Å². The van der Waals surface area contributed by atoms with E-state index < -0.39 is 11.5 Å². The predicted molar refractivity (Wildman–Crippen MR) is 82.5 cm³/mol. The minimum atomic E-state index is -0.754. The topological polar surface area (TPSA) is 61.8 Å². The maximum Gasteiger partial charge on any atom is 0.323 e. The van der Waals surface area contributed by atoms with Crippen LogP contribution in [-0.2, 0) is 9.53 Å². The molecule has 2 fully saturated rings. The van der Waals surface area contributed by atoms with Crippen molar-refractivity contribution < 1.29 is 14.6 Å². The molecule has 0 aromatic carbocycles. The zero-order valence-electron chi connectivity index (χ0n) is 13.4. The Labute approximate surface area is 128 Å². The number of ether oxygens (including phenoxy) is 1. The van der Waals surface area contributed by atoms with Crippen LogP contribution in [0.15, 0.2) is 0 Å². The molecule has 1 saturated carbocycles. The van der Waals surface area contributed by atoms with Crippen LogP contribution in [0.4, 0.5) is 0 Å². The molecular formula is C16H30N2O3. The van der Waals surface area contributed by atoms with Gasteiger partial charge in [0, 0.05) is 19.8 Å². The first-order chi connectivity index (χ1) is 10.0. The SMILES string of the molecule is COCC1CCN(CCCC(C)(NC2CC2)C(=O)O)CC1. The average molecular weight is 298 g/mol. The third kappa shape index (κ3) is 5.24. The zero-order valence-corrected chi connectivity index (χ0v) is 13.4. The van der Waals surface area contributed by atoms with E-state index in [1.54, 1.807) is 7.11 Å². The monoisotopic (exact) mass is 298 g/mol. The number of nitrogens with zero attached hydrogens (tertiary/aromatic N) is 1. The second-order valence-electron chi connectivity index (χ2n) is 6.90. The Balaban J connectivity index is 1.67. The quantitative estimate of drug-likeness (QED) is 0.679. The summed E-state index contributed by atoms with van der Waals surface area (Å²) < 4.78 is 5.22. The lowest BCUT2D eigenvalue weighted by Gasteiger charge is -2.33. The number of rotatable bonds is 9. The van der Waals surface area contributed by atoms with Gasteiger partial charge in [-0.3, -0.25) is 10.1 Å². The lowest BCUT2D eigenvalue weighted by atomic mass is 9.94. The van der Waals surface area contributed by atoms with Gasteiger partial charge >= 0.3 is 5.97 Å². The van der Waals surface area contributed by atoms with Crippen molar-refractivity contribution in [1.82, 2.24) is 10.2 Å². The van der Waals surface area contributed by atoms with Gasteiger partial charge in [0.25, 0.3) is 0 Å². The van der Waals surface area contributed by atoms with Gasteiger partial charge in [-0.2, -0.15) is 0 Å². The van der Waals surface area contributed by atoms with Crippen LogP contribution in [0.5, 0.6) is 0 Å². The van der Waals surface area contributed by atoms with Crippen molar-refractivity contribution in [3.05, 3.63) is 0 Å². The van der Waals surface area contributed by atoms with Crippen LogP contribution in [0.3, 0.4) is 0 Å². The first-order valence-electron chi connectivity index (χ1n) is 8.26. The van der Waals surface area contributed by atoms with E-state index in [0.29, 0.717) is 18.4 Å². The molecule has 1 saturated heterocycles. The molecule has 0 amide bonds. The maximum absolute atomic E-state index is 11.5. The number of aliphatic carboxylic acids is 1. The molecular weight excluding hydrogens is 268 g/mol. The number of hydrogen-bond donors (Lipinski definition) is 2. The summed E-state index contributed by atoms with van der Waals surface area (Å²) in [5.74, 6) is -0.0136. The maximum atomic E-state index is 11.5. The van der Waals surface area contributed by atoms with E-state index in [1.807, 2.05) is 6.92 Å². The van der Waals surface area contributed by atoms with E-state index in [0.717, 1.165) is 45.5 Å². The van der Waals surface area contributed by atoms with Crippen LogP contribution in [0.1, 0.15) is 45.4 Å². The number of carboxylic acids is 1. The van der Waals surface area contributed by atoms with Gasteiger partial charge in [-0.1, -0.05) is 0 Å². The fourth-order valence-corrected chi connectivity index (χ4v) is 3.19. The molecule has 0 spiro atoms. The van der Waals surface area contributed by atoms with Crippen molar-refractivity contribution in [3.63, 3.8) is 0 Å². The molecule has 2 N–H and O–H groups in total. The number of piperidine rings is 1. The molecule has 5 nitrogen and oxygen atoms in total. The number of carboxylic acid groups (broad SMARTS) is 1. The van der Waals surface area contributed by atoms with E-state index in [2.05, 4.69) is 10.2 Å². The number of hydrogen-bond acceptors (Lipinski definition) is 4. The van der Waals surface area contributed by atoms with Gasteiger partial charge in [-0.25, -0.2) is 0 Å². The van der Waals surface area contributed by atoms with Crippen LogP contribution in [0.25, 0.3) is 0 Å². The highest BCUT2D eigenvalue weighted by molar-refractivity contribution is 5.78. The van der Waals surface area contributed by atoms with Gasteiger partial charge in [0.1, 0.15) is 5.54 Å². The lowest BCUT2D eigenvalue weighted by Crippen LogP contribution is -2.51. The van der Waals surface area contributed by atoms with Crippen molar-refractivity contribution in [2.75, 3.05) is 33.4 Å². The van der Waals surface area contributed by atoms with E-state index in [4.69, 9.17) is 4.74 Å². The smallest absolute Gasteiger partial charge is 0.323 e. The molecule has 1 atom stereocenters. The molecule has 0 bridgehead atoms. The molecule has 2 rings (SSSR count). The Morgan fingerprint density at radius 2 is 2.00 bits per heavy atom. The van der Waals surface area contributed by atoms with Crippen molar-refractivity contribution >= 4 is 5.97 Å². The normalized spacial score (nSPS) is 23.9. The number of likely N-dealkylation sites (tertiary alicyclic amines) is 1. The van der Waals surface area contributed by atoms with Crippen LogP contribution in [-0.4, -0.2) is 60.9 Å². The largest absolute Gasteiger partial charge is 0.480 e. The number of nitrogens with one attached hydrogen (secondary N) is 1. The third-order valence-corrected chi connectivity index (χ3v) is 4.83. The molecule has 2 aliphatic rings. The van der Waals surface area contributed by atoms with Crippen molar-refractivity contribution in [2.45, 2.75) is 57.0 Å². The minimum absolute atomic E-state index is 0.427. The molecule has 0 aromatic heterocycles. The molecule has 0 aromatic rings. The van der Waals surface area contributed by atoms with Gasteiger partial charge < -0.3 is 14.7 Å². The van der Waals surface area contributed by atoms with Gasteiger partial charge in [0.2, 0.25) is 0 Å². The molecule has 5 heteroatoms. The third-order valence-electron chi connectivity index (χ3n) is 4.83. The summed E-state index contributed by atoms with van der Waals surface area (Å²) >= 11 is 0. The Hall–Kier alpha value is -0.650. The highest BCUT2D eigenvalue weighted by Crippen LogP contribution is 2.25. The second-order valence-corrected chi connectivity index (χ2v) is 6.90. The number of methoxy groups -OCH3 is 1. The van der Waals surface area contributed by atoms with Gasteiger partial charge in [-0.05, 0) is 71.0 Å². The zero-order chi connectivity index (χ0) is 15.3. The lowest BCUT2D eigenvalue weighted by molar-refractivity contribution is -0.144. The first-order valence-corrected chi connectivity index (χ1v) is 8.26. The second kappa shape index (κ2) is 7.56. The molecule has 21 heavy (non-hydrogen) atoms.